The third-order valence-corrected chi connectivity index (χ3v) is 4.76. The fraction of sp³-hybridized carbons (Fsp3) is 0.933. The van der Waals surface area contributed by atoms with E-state index in [1.165, 1.54) is 38.8 Å². The summed E-state index contributed by atoms with van der Waals surface area (Å²) in [6.07, 6.45) is 6.25. The molecule has 4 heteroatoms. The molecule has 0 aromatic heterocycles. The first-order chi connectivity index (χ1) is 9.08. The summed E-state index contributed by atoms with van der Waals surface area (Å²) in [5.74, 6) is -0.644. The lowest BCUT2D eigenvalue weighted by Crippen LogP contribution is -2.41. The highest BCUT2D eigenvalue weighted by atomic mass is 16.4. The normalized spacial score (nSPS) is 30.7. The van der Waals surface area contributed by atoms with Crippen LogP contribution >= 0.6 is 0 Å². The monoisotopic (exact) mass is 268 g/mol. The lowest BCUT2D eigenvalue weighted by atomic mass is 10.0. The lowest BCUT2D eigenvalue weighted by molar-refractivity contribution is -0.138. The number of carboxylic acid groups (broad SMARTS) is 1. The number of nitrogens with zero attached hydrogens (tertiary/aromatic N) is 2. The van der Waals surface area contributed by atoms with Crippen LogP contribution in [0, 0.1) is 0 Å². The highest BCUT2D eigenvalue weighted by molar-refractivity contribution is 5.67. The summed E-state index contributed by atoms with van der Waals surface area (Å²) in [6, 6.07) is 1.52. The van der Waals surface area contributed by atoms with Crippen molar-refractivity contribution < 1.29 is 9.90 Å². The summed E-state index contributed by atoms with van der Waals surface area (Å²) < 4.78 is 0. The molecule has 0 aliphatic carbocycles. The molecule has 4 nitrogen and oxygen atoms in total. The van der Waals surface area contributed by atoms with E-state index >= 15 is 0 Å². The highest BCUT2D eigenvalue weighted by Gasteiger charge is 2.33. The number of hydrogen-bond donors (Lipinski definition) is 1. The van der Waals surface area contributed by atoms with Gasteiger partial charge in [-0.1, -0.05) is 0 Å². The molecule has 2 unspecified atom stereocenters. The van der Waals surface area contributed by atoms with Crippen LogP contribution in [0.1, 0.15) is 52.4 Å². The zero-order valence-corrected chi connectivity index (χ0v) is 12.3. The topological polar surface area (TPSA) is 43.8 Å². The molecule has 2 saturated heterocycles. The van der Waals surface area contributed by atoms with Crippen molar-refractivity contribution in [1.29, 1.82) is 0 Å². The molecule has 2 aliphatic heterocycles. The van der Waals surface area contributed by atoms with E-state index in [9.17, 15) is 4.79 Å². The highest BCUT2D eigenvalue weighted by Crippen LogP contribution is 2.28. The molecular formula is C15H28N2O2. The van der Waals surface area contributed by atoms with Crippen LogP contribution in [-0.4, -0.2) is 58.6 Å². The minimum Gasteiger partial charge on any atom is -0.481 e. The Hall–Kier alpha value is -0.610. The second-order valence-corrected chi connectivity index (χ2v) is 6.35. The largest absolute Gasteiger partial charge is 0.481 e. The quantitative estimate of drug-likeness (QED) is 0.849. The number of aliphatic carboxylic acids is 1. The van der Waals surface area contributed by atoms with E-state index in [2.05, 4.69) is 23.6 Å². The van der Waals surface area contributed by atoms with E-state index in [4.69, 9.17) is 5.11 Å². The SMILES string of the molecule is CC(C)N1CCCC(N2CCCC2CC(=O)O)CC1. The van der Waals surface area contributed by atoms with Crippen molar-refractivity contribution in [2.24, 2.45) is 0 Å². The molecule has 2 heterocycles. The average Bonchev–Trinajstić information content (AvgIpc) is 2.63. The van der Waals surface area contributed by atoms with Crippen molar-refractivity contribution in [3.05, 3.63) is 0 Å². The van der Waals surface area contributed by atoms with Gasteiger partial charge in [0.25, 0.3) is 0 Å². The number of carbonyl (C=O) groups is 1. The number of carboxylic acids is 1. The lowest BCUT2D eigenvalue weighted by Gasteiger charge is -2.32. The van der Waals surface area contributed by atoms with Gasteiger partial charge in [-0.05, 0) is 65.6 Å². The molecule has 0 radical (unpaired) electrons. The van der Waals surface area contributed by atoms with Gasteiger partial charge in [0.2, 0.25) is 0 Å². The molecule has 0 aromatic rings. The summed E-state index contributed by atoms with van der Waals surface area (Å²) in [7, 11) is 0. The van der Waals surface area contributed by atoms with Gasteiger partial charge >= 0.3 is 5.97 Å². The van der Waals surface area contributed by atoms with Gasteiger partial charge in [-0.15, -0.1) is 0 Å². The Kier molecular flexibility index (Phi) is 5.22. The molecule has 0 saturated carbocycles. The standard InChI is InChI=1S/C15H28N2O2/c1-12(2)16-8-3-5-13(7-10-16)17-9-4-6-14(17)11-15(18)19/h12-14H,3-11H2,1-2H3,(H,18,19). The Morgan fingerprint density at radius 1 is 1.16 bits per heavy atom. The molecule has 2 rings (SSSR count). The molecule has 0 amide bonds. The van der Waals surface area contributed by atoms with Crippen molar-refractivity contribution in [2.45, 2.75) is 70.5 Å². The van der Waals surface area contributed by atoms with Gasteiger partial charge in [0.15, 0.2) is 0 Å². The van der Waals surface area contributed by atoms with Crippen LogP contribution in [-0.2, 0) is 4.79 Å². The summed E-state index contributed by atoms with van der Waals surface area (Å²) in [5, 5.41) is 9.03. The van der Waals surface area contributed by atoms with E-state index in [0.717, 1.165) is 13.0 Å². The first-order valence-electron chi connectivity index (χ1n) is 7.79. The van der Waals surface area contributed by atoms with Gasteiger partial charge in [-0.25, -0.2) is 0 Å². The third kappa shape index (κ3) is 3.93. The molecular weight excluding hydrogens is 240 g/mol. The average molecular weight is 268 g/mol. The number of likely N-dealkylation sites (tertiary alicyclic amines) is 2. The van der Waals surface area contributed by atoms with Crippen LogP contribution in [0.5, 0.6) is 0 Å². The van der Waals surface area contributed by atoms with Crippen molar-refractivity contribution in [3.63, 3.8) is 0 Å². The third-order valence-electron chi connectivity index (χ3n) is 4.76. The Balaban J connectivity index is 1.91. The maximum Gasteiger partial charge on any atom is 0.304 e. The van der Waals surface area contributed by atoms with Crippen LogP contribution < -0.4 is 0 Å². The molecule has 0 aromatic carbocycles. The molecule has 2 aliphatic rings. The Bertz CT molecular complexity index is 307. The minimum absolute atomic E-state index is 0.285. The minimum atomic E-state index is -0.644. The maximum atomic E-state index is 11.0. The molecule has 1 N–H and O–H groups in total. The van der Waals surface area contributed by atoms with E-state index in [1.807, 2.05) is 0 Å². The number of rotatable bonds is 4. The molecule has 19 heavy (non-hydrogen) atoms. The second kappa shape index (κ2) is 6.71. The Morgan fingerprint density at radius 3 is 2.58 bits per heavy atom. The fourth-order valence-electron chi connectivity index (χ4n) is 3.71. The molecule has 110 valence electrons. The number of hydrogen-bond acceptors (Lipinski definition) is 3. The first kappa shape index (κ1) is 14.8. The van der Waals surface area contributed by atoms with E-state index in [-0.39, 0.29) is 6.04 Å². The molecule has 2 fully saturated rings. The van der Waals surface area contributed by atoms with Crippen molar-refractivity contribution in [1.82, 2.24) is 9.80 Å². The zero-order valence-electron chi connectivity index (χ0n) is 12.3. The van der Waals surface area contributed by atoms with E-state index < -0.39 is 5.97 Å². The second-order valence-electron chi connectivity index (χ2n) is 6.35. The van der Waals surface area contributed by atoms with Crippen LogP contribution in [0.15, 0.2) is 0 Å². The molecule has 2 atom stereocenters. The maximum absolute atomic E-state index is 11.0. The van der Waals surface area contributed by atoms with Gasteiger partial charge < -0.3 is 10.0 Å². The Labute approximate surface area is 116 Å². The van der Waals surface area contributed by atoms with E-state index in [0.29, 0.717) is 18.5 Å². The van der Waals surface area contributed by atoms with Gasteiger partial charge in [-0.3, -0.25) is 9.69 Å². The zero-order chi connectivity index (χ0) is 13.8. The van der Waals surface area contributed by atoms with Crippen molar-refractivity contribution >= 4 is 5.97 Å². The van der Waals surface area contributed by atoms with E-state index in [1.54, 1.807) is 0 Å². The fourth-order valence-corrected chi connectivity index (χ4v) is 3.71. The van der Waals surface area contributed by atoms with Crippen molar-refractivity contribution in [3.8, 4) is 0 Å². The summed E-state index contributed by atoms with van der Waals surface area (Å²) in [4.78, 5) is 16.0. The predicted octanol–water partition coefficient (Wildman–Crippen LogP) is 2.19. The summed E-state index contributed by atoms with van der Waals surface area (Å²) >= 11 is 0. The van der Waals surface area contributed by atoms with Gasteiger partial charge in [0.1, 0.15) is 0 Å². The smallest absolute Gasteiger partial charge is 0.304 e. The summed E-state index contributed by atoms with van der Waals surface area (Å²) in [6.45, 7) is 8.00. The van der Waals surface area contributed by atoms with Crippen LogP contribution in [0.25, 0.3) is 0 Å². The van der Waals surface area contributed by atoms with Crippen LogP contribution in [0.2, 0.25) is 0 Å². The summed E-state index contributed by atoms with van der Waals surface area (Å²) in [5.41, 5.74) is 0. The molecule has 0 bridgehead atoms. The van der Waals surface area contributed by atoms with Crippen molar-refractivity contribution in [2.75, 3.05) is 19.6 Å². The van der Waals surface area contributed by atoms with Gasteiger partial charge in [0, 0.05) is 18.1 Å². The van der Waals surface area contributed by atoms with Gasteiger partial charge in [0.05, 0.1) is 6.42 Å². The van der Waals surface area contributed by atoms with Gasteiger partial charge in [-0.2, -0.15) is 0 Å². The molecule has 0 spiro atoms. The first-order valence-corrected chi connectivity index (χ1v) is 7.79. The Morgan fingerprint density at radius 2 is 1.89 bits per heavy atom. The predicted molar refractivity (Wildman–Crippen MR) is 76.3 cm³/mol. The van der Waals surface area contributed by atoms with Crippen LogP contribution in [0.3, 0.4) is 0 Å². The van der Waals surface area contributed by atoms with Crippen LogP contribution in [0.4, 0.5) is 0 Å².